The van der Waals surface area contributed by atoms with Crippen LogP contribution in [0.25, 0.3) is 0 Å². The van der Waals surface area contributed by atoms with E-state index in [1.54, 1.807) is 0 Å². The van der Waals surface area contributed by atoms with Crippen molar-refractivity contribution in [3.63, 3.8) is 0 Å². The standard InChI is InChI=1S/C16H25NO2/c1-3-12(4-2)15(18)11-17-14-9-10-19-16-8-6-5-7-13(14)16/h5-8,12,14-15,17-18H,3-4,9-11H2,1-2H3. The second-order valence-electron chi connectivity index (χ2n) is 5.28. The van der Waals surface area contributed by atoms with Crippen molar-refractivity contribution < 1.29 is 9.84 Å². The van der Waals surface area contributed by atoms with Gasteiger partial charge in [0.15, 0.2) is 0 Å². The first-order valence-corrected chi connectivity index (χ1v) is 7.39. The summed E-state index contributed by atoms with van der Waals surface area (Å²) in [5.74, 6) is 1.37. The highest BCUT2D eigenvalue weighted by atomic mass is 16.5. The van der Waals surface area contributed by atoms with Crippen LogP contribution in [-0.4, -0.2) is 24.4 Å². The summed E-state index contributed by atoms with van der Waals surface area (Å²) in [5.41, 5.74) is 1.21. The third-order valence-corrected chi connectivity index (χ3v) is 4.12. The molecule has 3 nitrogen and oxygen atoms in total. The summed E-state index contributed by atoms with van der Waals surface area (Å²) >= 11 is 0. The molecule has 0 saturated heterocycles. The van der Waals surface area contributed by atoms with Gasteiger partial charge in [0.1, 0.15) is 5.75 Å². The zero-order chi connectivity index (χ0) is 13.7. The maximum Gasteiger partial charge on any atom is 0.124 e. The van der Waals surface area contributed by atoms with E-state index in [2.05, 4.69) is 25.2 Å². The summed E-state index contributed by atoms with van der Waals surface area (Å²) in [6.07, 6.45) is 2.77. The summed E-state index contributed by atoms with van der Waals surface area (Å²) in [6.45, 7) is 5.68. The lowest BCUT2D eigenvalue weighted by molar-refractivity contribution is 0.0957. The van der Waals surface area contributed by atoms with Crippen molar-refractivity contribution in [3.05, 3.63) is 29.8 Å². The first kappa shape index (κ1) is 14.4. The summed E-state index contributed by atoms with van der Waals surface area (Å²) < 4.78 is 5.65. The van der Waals surface area contributed by atoms with Gasteiger partial charge in [-0.15, -0.1) is 0 Å². The van der Waals surface area contributed by atoms with Gasteiger partial charge in [-0.05, 0) is 12.0 Å². The summed E-state index contributed by atoms with van der Waals surface area (Å²) in [6, 6.07) is 8.46. The van der Waals surface area contributed by atoms with E-state index in [4.69, 9.17) is 4.74 Å². The topological polar surface area (TPSA) is 41.5 Å². The molecule has 1 aliphatic rings. The number of hydrogen-bond acceptors (Lipinski definition) is 3. The van der Waals surface area contributed by atoms with E-state index in [-0.39, 0.29) is 6.10 Å². The number of aliphatic hydroxyl groups is 1. The number of rotatable bonds is 6. The van der Waals surface area contributed by atoms with Gasteiger partial charge in [0.2, 0.25) is 0 Å². The lowest BCUT2D eigenvalue weighted by Gasteiger charge is -2.29. The highest BCUT2D eigenvalue weighted by Crippen LogP contribution is 2.31. The maximum atomic E-state index is 10.2. The molecular formula is C16H25NO2. The largest absolute Gasteiger partial charge is 0.493 e. The van der Waals surface area contributed by atoms with Crippen LogP contribution in [0.5, 0.6) is 5.75 Å². The Balaban J connectivity index is 1.94. The van der Waals surface area contributed by atoms with Crippen LogP contribution in [-0.2, 0) is 0 Å². The molecular weight excluding hydrogens is 238 g/mol. The molecule has 19 heavy (non-hydrogen) atoms. The second-order valence-corrected chi connectivity index (χ2v) is 5.28. The number of para-hydroxylation sites is 1. The molecule has 0 amide bonds. The van der Waals surface area contributed by atoms with Crippen molar-refractivity contribution in [2.24, 2.45) is 5.92 Å². The minimum Gasteiger partial charge on any atom is -0.493 e. The number of fused-ring (bicyclic) bond motifs is 1. The van der Waals surface area contributed by atoms with E-state index >= 15 is 0 Å². The van der Waals surface area contributed by atoms with Crippen molar-refractivity contribution in [2.75, 3.05) is 13.2 Å². The summed E-state index contributed by atoms with van der Waals surface area (Å²) in [4.78, 5) is 0. The molecule has 0 fully saturated rings. The van der Waals surface area contributed by atoms with Crippen molar-refractivity contribution in [1.29, 1.82) is 0 Å². The Morgan fingerprint density at radius 2 is 2.05 bits per heavy atom. The number of hydrogen-bond donors (Lipinski definition) is 2. The summed E-state index contributed by atoms with van der Waals surface area (Å²) in [5, 5.41) is 13.7. The van der Waals surface area contributed by atoms with Crippen LogP contribution in [0.15, 0.2) is 24.3 Å². The van der Waals surface area contributed by atoms with Gasteiger partial charge >= 0.3 is 0 Å². The first-order chi connectivity index (χ1) is 9.26. The van der Waals surface area contributed by atoms with Crippen molar-refractivity contribution in [1.82, 2.24) is 5.32 Å². The number of ether oxygens (including phenoxy) is 1. The van der Waals surface area contributed by atoms with E-state index in [1.807, 2.05) is 18.2 Å². The smallest absolute Gasteiger partial charge is 0.124 e. The summed E-state index contributed by atoms with van der Waals surface area (Å²) in [7, 11) is 0. The highest BCUT2D eigenvalue weighted by Gasteiger charge is 2.22. The molecule has 1 heterocycles. The molecule has 0 bridgehead atoms. The fourth-order valence-corrected chi connectivity index (χ4v) is 2.82. The van der Waals surface area contributed by atoms with Crippen molar-refractivity contribution in [3.8, 4) is 5.75 Å². The molecule has 2 rings (SSSR count). The van der Waals surface area contributed by atoms with Gasteiger partial charge in [-0.25, -0.2) is 0 Å². The fraction of sp³-hybridized carbons (Fsp3) is 0.625. The molecule has 1 aromatic rings. The van der Waals surface area contributed by atoms with Gasteiger partial charge in [-0.1, -0.05) is 44.9 Å². The number of aliphatic hydroxyl groups excluding tert-OH is 1. The fourth-order valence-electron chi connectivity index (χ4n) is 2.82. The SMILES string of the molecule is CCC(CC)C(O)CNC1CCOc2ccccc21. The second kappa shape index (κ2) is 6.92. The molecule has 0 saturated carbocycles. The molecule has 2 unspecified atom stereocenters. The number of nitrogens with one attached hydrogen (secondary N) is 1. The Bertz CT molecular complexity index is 390. The van der Waals surface area contributed by atoms with Gasteiger partial charge < -0.3 is 15.2 Å². The average molecular weight is 263 g/mol. The predicted molar refractivity (Wildman–Crippen MR) is 77.4 cm³/mol. The van der Waals surface area contributed by atoms with E-state index in [9.17, 15) is 5.11 Å². The van der Waals surface area contributed by atoms with Crippen LogP contribution in [0.2, 0.25) is 0 Å². The molecule has 1 aliphatic heterocycles. The quantitative estimate of drug-likeness (QED) is 0.829. The molecule has 0 radical (unpaired) electrons. The predicted octanol–water partition coefficient (Wildman–Crippen LogP) is 2.90. The van der Waals surface area contributed by atoms with Crippen molar-refractivity contribution >= 4 is 0 Å². The molecule has 0 aromatic heterocycles. The Hall–Kier alpha value is -1.06. The van der Waals surface area contributed by atoms with E-state index in [0.717, 1.165) is 31.6 Å². The Kier molecular flexibility index (Phi) is 5.23. The highest BCUT2D eigenvalue weighted by molar-refractivity contribution is 5.37. The van der Waals surface area contributed by atoms with Crippen LogP contribution in [0.3, 0.4) is 0 Å². The van der Waals surface area contributed by atoms with Crippen LogP contribution in [0, 0.1) is 5.92 Å². The van der Waals surface area contributed by atoms with Crippen LogP contribution < -0.4 is 10.1 Å². The van der Waals surface area contributed by atoms with Gasteiger partial charge in [0, 0.05) is 24.6 Å². The zero-order valence-corrected chi connectivity index (χ0v) is 11.9. The van der Waals surface area contributed by atoms with E-state index < -0.39 is 0 Å². The van der Waals surface area contributed by atoms with Gasteiger partial charge in [0.05, 0.1) is 12.7 Å². The molecule has 2 N–H and O–H groups in total. The van der Waals surface area contributed by atoms with Crippen LogP contribution in [0.1, 0.15) is 44.7 Å². The van der Waals surface area contributed by atoms with Gasteiger partial charge in [0.25, 0.3) is 0 Å². The Morgan fingerprint density at radius 3 is 2.79 bits per heavy atom. The van der Waals surface area contributed by atoms with Crippen LogP contribution >= 0.6 is 0 Å². The molecule has 0 spiro atoms. The van der Waals surface area contributed by atoms with Crippen molar-refractivity contribution in [2.45, 2.75) is 45.3 Å². The van der Waals surface area contributed by atoms with Gasteiger partial charge in [-0.3, -0.25) is 0 Å². The number of benzene rings is 1. The Morgan fingerprint density at radius 1 is 1.32 bits per heavy atom. The Labute approximate surface area is 116 Å². The molecule has 2 atom stereocenters. The molecule has 3 heteroatoms. The van der Waals surface area contributed by atoms with Gasteiger partial charge in [-0.2, -0.15) is 0 Å². The van der Waals surface area contributed by atoms with E-state index in [1.165, 1.54) is 5.56 Å². The van der Waals surface area contributed by atoms with E-state index in [0.29, 0.717) is 18.5 Å². The third kappa shape index (κ3) is 3.48. The zero-order valence-electron chi connectivity index (χ0n) is 11.9. The minimum absolute atomic E-state index is 0.259. The first-order valence-electron chi connectivity index (χ1n) is 7.39. The molecule has 0 aliphatic carbocycles. The third-order valence-electron chi connectivity index (χ3n) is 4.12. The van der Waals surface area contributed by atoms with Crippen LogP contribution in [0.4, 0.5) is 0 Å². The minimum atomic E-state index is -0.259. The molecule has 106 valence electrons. The maximum absolute atomic E-state index is 10.2. The molecule has 1 aromatic carbocycles. The normalized spacial score (nSPS) is 19.9. The lowest BCUT2D eigenvalue weighted by atomic mass is 9.95. The lowest BCUT2D eigenvalue weighted by Crippen LogP contribution is -2.36. The monoisotopic (exact) mass is 263 g/mol. The average Bonchev–Trinajstić information content (AvgIpc) is 2.46.